The van der Waals surface area contributed by atoms with Crippen molar-refractivity contribution in [1.29, 1.82) is 0 Å². The van der Waals surface area contributed by atoms with Crippen LogP contribution in [-0.2, 0) is 13.6 Å². The van der Waals surface area contributed by atoms with E-state index in [9.17, 15) is 4.39 Å². The van der Waals surface area contributed by atoms with Gasteiger partial charge in [0, 0.05) is 19.2 Å². The molecule has 6 heteroatoms. The van der Waals surface area contributed by atoms with E-state index in [1.807, 2.05) is 36.0 Å². The molecule has 0 radical (unpaired) electrons. The van der Waals surface area contributed by atoms with Gasteiger partial charge in [-0.3, -0.25) is 0 Å². The molecule has 0 saturated carbocycles. The Bertz CT molecular complexity index is 874. The number of anilines is 1. The van der Waals surface area contributed by atoms with E-state index >= 15 is 0 Å². The van der Waals surface area contributed by atoms with Crippen LogP contribution in [-0.4, -0.2) is 16.3 Å². The monoisotopic (exact) mass is 325 g/mol. The third-order valence-corrected chi connectivity index (χ3v) is 4.02. The predicted molar refractivity (Wildman–Crippen MR) is 88.5 cm³/mol. The highest BCUT2D eigenvalue weighted by molar-refractivity contribution is 5.66. The normalized spacial score (nSPS) is 12.4. The van der Waals surface area contributed by atoms with E-state index in [4.69, 9.17) is 9.47 Å². The van der Waals surface area contributed by atoms with Crippen molar-refractivity contribution >= 4 is 5.95 Å². The van der Waals surface area contributed by atoms with E-state index in [1.165, 1.54) is 12.1 Å². The Morgan fingerprint density at radius 2 is 1.92 bits per heavy atom. The topological polar surface area (TPSA) is 48.3 Å². The van der Waals surface area contributed by atoms with Gasteiger partial charge in [-0.25, -0.2) is 9.37 Å². The third-order valence-electron chi connectivity index (χ3n) is 4.02. The predicted octanol–water partition coefficient (Wildman–Crippen LogP) is 3.57. The van der Waals surface area contributed by atoms with Gasteiger partial charge in [0.25, 0.3) is 0 Å². The molecule has 5 nitrogen and oxygen atoms in total. The molecule has 3 aromatic rings. The third kappa shape index (κ3) is 2.67. The van der Waals surface area contributed by atoms with Gasteiger partial charge in [-0.05, 0) is 35.9 Å². The fourth-order valence-corrected chi connectivity index (χ4v) is 2.68. The fourth-order valence-electron chi connectivity index (χ4n) is 2.68. The van der Waals surface area contributed by atoms with Gasteiger partial charge in [-0.15, -0.1) is 0 Å². The summed E-state index contributed by atoms with van der Waals surface area (Å²) in [7, 11) is 1.94. The molecule has 1 aliphatic heterocycles. The Morgan fingerprint density at radius 1 is 1.12 bits per heavy atom. The SMILES string of the molecule is Cn1c(-c2ccc3c(c2)OCO3)cnc1NCc1ccc(F)cc1. The van der Waals surface area contributed by atoms with Crippen LogP contribution in [0.2, 0.25) is 0 Å². The van der Waals surface area contributed by atoms with Crippen LogP contribution in [0.5, 0.6) is 11.5 Å². The standard InChI is InChI=1S/C18H16FN3O2/c1-22-15(13-4-7-16-17(8-13)24-11-23-16)10-21-18(22)20-9-12-2-5-14(19)6-3-12/h2-8,10H,9,11H2,1H3,(H,20,21). The molecule has 122 valence electrons. The summed E-state index contributed by atoms with van der Waals surface area (Å²) in [5, 5.41) is 3.26. The summed E-state index contributed by atoms with van der Waals surface area (Å²) < 4.78 is 25.7. The molecular formula is C18H16FN3O2. The minimum atomic E-state index is -0.235. The molecule has 0 unspecified atom stereocenters. The largest absolute Gasteiger partial charge is 0.454 e. The van der Waals surface area contributed by atoms with Gasteiger partial charge in [0.2, 0.25) is 12.7 Å². The van der Waals surface area contributed by atoms with E-state index in [-0.39, 0.29) is 12.6 Å². The second-order valence-corrected chi connectivity index (χ2v) is 5.57. The van der Waals surface area contributed by atoms with Crippen LogP contribution in [0.1, 0.15) is 5.56 Å². The number of hydrogen-bond donors (Lipinski definition) is 1. The molecule has 0 bridgehead atoms. The van der Waals surface area contributed by atoms with Gasteiger partial charge < -0.3 is 19.4 Å². The van der Waals surface area contributed by atoms with Gasteiger partial charge in [0.1, 0.15) is 5.82 Å². The Labute approximate surface area is 138 Å². The van der Waals surface area contributed by atoms with Crippen LogP contribution in [0.25, 0.3) is 11.3 Å². The summed E-state index contributed by atoms with van der Waals surface area (Å²) in [6, 6.07) is 12.2. The molecule has 24 heavy (non-hydrogen) atoms. The number of nitrogens with one attached hydrogen (secondary N) is 1. The second-order valence-electron chi connectivity index (χ2n) is 5.57. The molecule has 0 fully saturated rings. The van der Waals surface area contributed by atoms with Gasteiger partial charge in [0.05, 0.1) is 11.9 Å². The first-order valence-electron chi connectivity index (χ1n) is 7.61. The maximum absolute atomic E-state index is 12.9. The highest BCUT2D eigenvalue weighted by atomic mass is 19.1. The fraction of sp³-hybridized carbons (Fsp3) is 0.167. The van der Waals surface area contributed by atoms with Crippen LogP contribution >= 0.6 is 0 Å². The zero-order valence-corrected chi connectivity index (χ0v) is 13.1. The Hall–Kier alpha value is -3.02. The quantitative estimate of drug-likeness (QED) is 0.797. The number of ether oxygens (including phenoxy) is 2. The molecule has 0 atom stereocenters. The highest BCUT2D eigenvalue weighted by Gasteiger charge is 2.16. The highest BCUT2D eigenvalue weighted by Crippen LogP contribution is 2.36. The molecule has 0 saturated heterocycles. The molecule has 1 aromatic heterocycles. The lowest BCUT2D eigenvalue weighted by atomic mass is 10.1. The van der Waals surface area contributed by atoms with Crippen LogP contribution < -0.4 is 14.8 Å². The number of aromatic nitrogens is 2. The van der Waals surface area contributed by atoms with Crippen LogP contribution in [0.3, 0.4) is 0 Å². The number of nitrogens with zero attached hydrogens (tertiary/aromatic N) is 2. The Morgan fingerprint density at radius 3 is 2.75 bits per heavy atom. The van der Waals surface area contributed by atoms with Crippen LogP contribution in [0.15, 0.2) is 48.7 Å². The molecule has 0 spiro atoms. The molecule has 4 rings (SSSR count). The molecule has 0 aliphatic carbocycles. The molecule has 2 aromatic carbocycles. The van der Waals surface area contributed by atoms with E-state index in [0.717, 1.165) is 34.3 Å². The second kappa shape index (κ2) is 5.88. The summed E-state index contributed by atoms with van der Waals surface area (Å²) in [4.78, 5) is 4.42. The van der Waals surface area contributed by atoms with Crippen molar-refractivity contribution in [2.24, 2.45) is 7.05 Å². The number of rotatable bonds is 4. The average molecular weight is 325 g/mol. The van der Waals surface area contributed by atoms with Crippen molar-refractivity contribution < 1.29 is 13.9 Å². The molecule has 2 heterocycles. The van der Waals surface area contributed by atoms with E-state index in [0.29, 0.717) is 6.54 Å². The molecule has 1 N–H and O–H groups in total. The smallest absolute Gasteiger partial charge is 0.231 e. The Balaban J connectivity index is 1.53. The minimum absolute atomic E-state index is 0.235. The van der Waals surface area contributed by atoms with Crippen molar-refractivity contribution in [3.8, 4) is 22.8 Å². The lowest BCUT2D eigenvalue weighted by Gasteiger charge is -2.09. The molecular weight excluding hydrogens is 309 g/mol. The van der Waals surface area contributed by atoms with Crippen molar-refractivity contribution in [1.82, 2.24) is 9.55 Å². The summed E-state index contributed by atoms with van der Waals surface area (Å²) in [5.74, 6) is 2.01. The van der Waals surface area contributed by atoms with Gasteiger partial charge in [-0.1, -0.05) is 12.1 Å². The number of fused-ring (bicyclic) bond motifs is 1. The summed E-state index contributed by atoms with van der Waals surface area (Å²) >= 11 is 0. The lowest BCUT2D eigenvalue weighted by Crippen LogP contribution is -2.05. The number of benzene rings is 2. The maximum Gasteiger partial charge on any atom is 0.231 e. The number of imidazole rings is 1. The lowest BCUT2D eigenvalue weighted by molar-refractivity contribution is 0.174. The maximum atomic E-state index is 12.9. The van der Waals surface area contributed by atoms with E-state index < -0.39 is 0 Å². The first-order chi connectivity index (χ1) is 11.7. The molecule has 1 aliphatic rings. The van der Waals surface area contributed by atoms with E-state index in [2.05, 4.69) is 10.3 Å². The number of halogens is 1. The zero-order chi connectivity index (χ0) is 16.5. The van der Waals surface area contributed by atoms with Gasteiger partial charge in [0.15, 0.2) is 11.5 Å². The Kier molecular flexibility index (Phi) is 3.57. The average Bonchev–Trinajstić information content (AvgIpc) is 3.20. The number of hydrogen-bond acceptors (Lipinski definition) is 4. The van der Waals surface area contributed by atoms with Gasteiger partial charge >= 0.3 is 0 Å². The zero-order valence-electron chi connectivity index (χ0n) is 13.1. The summed E-state index contributed by atoms with van der Waals surface area (Å²) in [5.41, 5.74) is 2.96. The summed E-state index contributed by atoms with van der Waals surface area (Å²) in [6.07, 6.45) is 1.81. The summed E-state index contributed by atoms with van der Waals surface area (Å²) in [6.45, 7) is 0.834. The van der Waals surface area contributed by atoms with Gasteiger partial charge in [-0.2, -0.15) is 0 Å². The van der Waals surface area contributed by atoms with Crippen molar-refractivity contribution in [2.75, 3.05) is 12.1 Å². The van der Waals surface area contributed by atoms with Crippen molar-refractivity contribution in [2.45, 2.75) is 6.54 Å². The van der Waals surface area contributed by atoms with Crippen molar-refractivity contribution in [3.63, 3.8) is 0 Å². The van der Waals surface area contributed by atoms with E-state index in [1.54, 1.807) is 12.1 Å². The molecule has 0 amide bonds. The first kappa shape index (κ1) is 14.6. The van der Waals surface area contributed by atoms with Crippen molar-refractivity contribution in [3.05, 3.63) is 60.0 Å². The minimum Gasteiger partial charge on any atom is -0.454 e. The van der Waals surface area contributed by atoms with Crippen LogP contribution in [0, 0.1) is 5.82 Å². The van der Waals surface area contributed by atoms with Crippen LogP contribution in [0.4, 0.5) is 10.3 Å². The first-order valence-corrected chi connectivity index (χ1v) is 7.61.